The third kappa shape index (κ3) is 3.77. The first-order chi connectivity index (χ1) is 10.2. The van der Waals surface area contributed by atoms with Crippen LogP contribution in [-0.4, -0.2) is 63.9 Å². The van der Waals surface area contributed by atoms with Crippen molar-refractivity contribution in [3.63, 3.8) is 0 Å². The standard InChI is InChI=1S/C14H25F2NO4S/c1-13(15,16)14(5-9-21-10-6-14)11-22(18,19)17-7-3-12(20-2)4-8-17/h12H,3-11H2,1-2H3. The number of halogens is 2. The van der Waals surface area contributed by atoms with Crippen LogP contribution in [0.2, 0.25) is 0 Å². The largest absolute Gasteiger partial charge is 0.381 e. The van der Waals surface area contributed by atoms with Crippen LogP contribution in [0, 0.1) is 5.41 Å². The molecule has 0 spiro atoms. The van der Waals surface area contributed by atoms with Gasteiger partial charge in [-0.25, -0.2) is 21.5 Å². The fourth-order valence-electron chi connectivity index (χ4n) is 3.26. The van der Waals surface area contributed by atoms with Crippen LogP contribution < -0.4 is 0 Å². The van der Waals surface area contributed by atoms with Gasteiger partial charge in [0.2, 0.25) is 10.0 Å². The van der Waals surface area contributed by atoms with E-state index in [1.165, 1.54) is 4.31 Å². The molecule has 0 N–H and O–H groups in total. The van der Waals surface area contributed by atoms with Crippen molar-refractivity contribution in [1.29, 1.82) is 0 Å². The molecule has 0 atom stereocenters. The summed E-state index contributed by atoms with van der Waals surface area (Å²) < 4.78 is 65.2. The van der Waals surface area contributed by atoms with Gasteiger partial charge >= 0.3 is 0 Å². The van der Waals surface area contributed by atoms with E-state index in [0.29, 0.717) is 25.9 Å². The molecule has 0 aromatic rings. The number of ether oxygens (including phenoxy) is 2. The van der Waals surface area contributed by atoms with E-state index in [1.807, 2.05) is 0 Å². The Bertz CT molecular complexity index is 464. The lowest BCUT2D eigenvalue weighted by molar-refractivity contribution is -0.139. The Morgan fingerprint density at radius 2 is 1.82 bits per heavy atom. The van der Waals surface area contributed by atoms with Gasteiger partial charge in [0, 0.05) is 33.4 Å². The molecule has 2 aliphatic rings. The summed E-state index contributed by atoms with van der Waals surface area (Å²) >= 11 is 0. The van der Waals surface area contributed by atoms with Crippen LogP contribution in [0.5, 0.6) is 0 Å². The summed E-state index contributed by atoms with van der Waals surface area (Å²) in [4.78, 5) is 0. The number of alkyl halides is 2. The van der Waals surface area contributed by atoms with E-state index in [4.69, 9.17) is 9.47 Å². The number of nitrogens with zero attached hydrogens (tertiary/aromatic N) is 1. The molecular weight excluding hydrogens is 316 g/mol. The number of sulfonamides is 1. The topological polar surface area (TPSA) is 55.8 Å². The molecule has 0 aromatic carbocycles. The Hall–Kier alpha value is -0.310. The van der Waals surface area contributed by atoms with Crippen LogP contribution in [0.25, 0.3) is 0 Å². The summed E-state index contributed by atoms with van der Waals surface area (Å²) in [5, 5.41) is 0. The minimum absolute atomic E-state index is 0.0520. The fraction of sp³-hybridized carbons (Fsp3) is 1.00. The van der Waals surface area contributed by atoms with E-state index < -0.39 is 27.1 Å². The maximum absolute atomic E-state index is 14.1. The maximum atomic E-state index is 14.1. The second-order valence-electron chi connectivity index (χ2n) is 6.37. The van der Waals surface area contributed by atoms with Crippen molar-refractivity contribution < 1.29 is 26.7 Å². The van der Waals surface area contributed by atoms with E-state index in [9.17, 15) is 17.2 Å². The highest BCUT2D eigenvalue weighted by molar-refractivity contribution is 7.89. The predicted octanol–water partition coefficient (Wildman–Crippen LogP) is 1.88. The molecule has 2 rings (SSSR count). The van der Waals surface area contributed by atoms with Crippen LogP contribution >= 0.6 is 0 Å². The van der Waals surface area contributed by atoms with Crippen LogP contribution in [0.3, 0.4) is 0 Å². The summed E-state index contributed by atoms with van der Waals surface area (Å²) in [7, 11) is -2.11. The van der Waals surface area contributed by atoms with Crippen molar-refractivity contribution in [2.24, 2.45) is 5.41 Å². The molecule has 8 heteroatoms. The van der Waals surface area contributed by atoms with Gasteiger partial charge in [0.05, 0.1) is 17.3 Å². The highest BCUT2D eigenvalue weighted by Crippen LogP contribution is 2.46. The Labute approximate surface area is 131 Å². The lowest BCUT2D eigenvalue weighted by Crippen LogP contribution is -2.52. The molecule has 2 saturated heterocycles. The molecule has 2 heterocycles. The smallest absolute Gasteiger partial charge is 0.252 e. The van der Waals surface area contributed by atoms with E-state index in [1.54, 1.807) is 7.11 Å². The van der Waals surface area contributed by atoms with Crippen molar-refractivity contribution in [3.05, 3.63) is 0 Å². The first-order valence-corrected chi connectivity index (χ1v) is 9.27. The summed E-state index contributed by atoms with van der Waals surface area (Å²) in [5.41, 5.74) is -1.53. The van der Waals surface area contributed by atoms with Gasteiger partial charge in [-0.1, -0.05) is 0 Å². The zero-order valence-electron chi connectivity index (χ0n) is 13.2. The van der Waals surface area contributed by atoms with Crippen LogP contribution in [0.4, 0.5) is 8.78 Å². The van der Waals surface area contributed by atoms with Gasteiger partial charge in [0.15, 0.2) is 0 Å². The lowest BCUT2D eigenvalue weighted by Gasteiger charge is -2.42. The molecule has 0 unspecified atom stereocenters. The normalized spacial score (nSPS) is 25.3. The third-order valence-corrected chi connectivity index (χ3v) is 7.04. The summed E-state index contributed by atoms with van der Waals surface area (Å²) in [5.74, 6) is -3.56. The average molecular weight is 341 g/mol. The van der Waals surface area contributed by atoms with Gasteiger partial charge in [-0.15, -0.1) is 0 Å². The van der Waals surface area contributed by atoms with Crippen LogP contribution in [0.15, 0.2) is 0 Å². The molecule has 2 fully saturated rings. The number of methoxy groups -OCH3 is 1. The molecular formula is C14H25F2NO4S. The molecule has 0 bridgehead atoms. The van der Waals surface area contributed by atoms with Crippen LogP contribution in [0.1, 0.15) is 32.6 Å². The van der Waals surface area contributed by atoms with Crippen molar-refractivity contribution in [1.82, 2.24) is 4.31 Å². The van der Waals surface area contributed by atoms with E-state index in [0.717, 1.165) is 6.92 Å². The molecule has 5 nitrogen and oxygen atoms in total. The fourth-order valence-corrected chi connectivity index (χ4v) is 5.45. The molecule has 2 aliphatic heterocycles. The zero-order chi connectivity index (χ0) is 16.4. The predicted molar refractivity (Wildman–Crippen MR) is 78.5 cm³/mol. The highest BCUT2D eigenvalue weighted by atomic mass is 32.2. The van der Waals surface area contributed by atoms with E-state index >= 15 is 0 Å². The summed E-state index contributed by atoms with van der Waals surface area (Å²) in [6.45, 7) is 1.87. The summed E-state index contributed by atoms with van der Waals surface area (Å²) in [6, 6.07) is 0. The number of piperidine rings is 1. The molecule has 130 valence electrons. The lowest BCUT2D eigenvalue weighted by atomic mass is 9.77. The Morgan fingerprint density at radius 1 is 1.27 bits per heavy atom. The molecule has 22 heavy (non-hydrogen) atoms. The van der Waals surface area contributed by atoms with Gasteiger partial charge in [-0.2, -0.15) is 0 Å². The zero-order valence-corrected chi connectivity index (χ0v) is 14.0. The molecule has 0 aromatic heterocycles. The van der Waals surface area contributed by atoms with Gasteiger partial charge in [0.1, 0.15) is 0 Å². The minimum atomic E-state index is -3.71. The highest BCUT2D eigenvalue weighted by Gasteiger charge is 2.53. The Kier molecular flexibility index (Phi) is 5.46. The minimum Gasteiger partial charge on any atom is -0.381 e. The maximum Gasteiger partial charge on any atom is 0.252 e. The first kappa shape index (κ1) is 18.0. The Balaban J connectivity index is 2.12. The molecule has 0 saturated carbocycles. The number of rotatable bonds is 5. The van der Waals surface area contributed by atoms with Gasteiger partial charge < -0.3 is 9.47 Å². The van der Waals surface area contributed by atoms with Crippen molar-refractivity contribution in [3.8, 4) is 0 Å². The van der Waals surface area contributed by atoms with E-state index in [2.05, 4.69) is 0 Å². The van der Waals surface area contributed by atoms with Crippen molar-refractivity contribution >= 4 is 10.0 Å². The van der Waals surface area contributed by atoms with Crippen molar-refractivity contribution in [2.45, 2.75) is 44.6 Å². The quantitative estimate of drug-likeness (QED) is 0.766. The van der Waals surface area contributed by atoms with Gasteiger partial charge in [-0.05, 0) is 32.6 Å². The average Bonchev–Trinajstić information content (AvgIpc) is 2.47. The van der Waals surface area contributed by atoms with Crippen molar-refractivity contribution in [2.75, 3.05) is 39.2 Å². The SMILES string of the molecule is COC1CCN(S(=O)(=O)CC2(C(C)(F)F)CCOCC2)CC1. The van der Waals surface area contributed by atoms with E-state index in [-0.39, 0.29) is 32.2 Å². The van der Waals surface area contributed by atoms with Gasteiger partial charge in [-0.3, -0.25) is 0 Å². The second kappa shape index (κ2) is 6.67. The number of hydrogen-bond acceptors (Lipinski definition) is 4. The summed E-state index contributed by atoms with van der Waals surface area (Å²) in [6.07, 6.45) is 1.41. The Morgan fingerprint density at radius 3 is 2.27 bits per heavy atom. The molecule has 0 aliphatic carbocycles. The second-order valence-corrected chi connectivity index (χ2v) is 8.34. The van der Waals surface area contributed by atoms with Gasteiger partial charge in [0.25, 0.3) is 5.92 Å². The monoisotopic (exact) mass is 341 g/mol. The first-order valence-electron chi connectivity index (χ1n) is 7.66. The molecule has 0 radical (unpaired) electrons. The molecule has 0 amide bonds. The van der Waals surface area contributed by atoms with Crippen LogP contribution in [-0.2, 0) is 19.5 Å². The third-order valence-electron chi connectivity index (χ3n) is 4.97. The number of hydrogen-bond donors (Lipinski definition) is 0.